The van der Waals surface area contributed by atoms with E-state index < -0.39 is 8.32 Å². The SMILES string of the molecule is CC(C)c1cccc2c1[C@H](N1[C@H](CCCO[Si](C)(C)C(C)(C)C)C[C@H](C)C[C@H]1C)[C@H](O)C2. The molecule has 0 aromatic heterocycles. The maximum absolute atomic E-state index is 11.3. The lowest BCUT2D eigenvalue weighted by atomic mass is 9.82. The fraction of sp³-hybridized carbons (Fsp3) is 0.786. The van der Waals surface area contributed by atoms with Crippen molar-refractivity contribution in [2.45, 2.75) is 129 Å². The zero-order valence-electron chi connectivity index (χ0n) is 22.2. The van der Waals surface area contributed by atoms with Crippen LogP contribution in [0.5, 0.6) is 0 Å². The minimum absolute atomic E-state index is 0.136. The summed E-state index contributed by atoms with van der Waals surface area (Å²) < 4.78 is 6.50. The molecule has 1 aromatic carbocycles. The second-order valence-corrected chi connectivity index (χ2v) is 17.4. The van der Waals surface area contributed by atoms with Crippen LogP contribution in [0.1, 0.15) is 103 Å². The third-order valence-electron chi connectivity index (χ3n) is 8.56. The van der Waals surface area contributed by atoms with Gasteiger partial charge in [0, 0.05) is 25.1 Å². The summed E-state index contributed by atoms with van der Waals surface area (Å²) >= 11 is 0. The van der Waals surface area contributed by atoms with Gasteiger partial charge in [0.1, 0.15) is 0 Å². The van der Waals surface area contributed by atoms with Crippen molar-refractivity contribution in [1.29, 1.82) is 0 Å². The van der Waals surface area contributed by atoms with E-state index in [4.69, 9.17) is 4.43 Å². The Morgan fingerprint density at radius 1 is 1.16 bits per heavy atom. The van der Waals surface area contributed by atoms with Crippen LogP contribution in [0.3, 0.4) is 0 Å². The molecular formula is C28H49NO2Si. The van der Waals surface area contributed by atoms with E-state index in [1.165, 1.54) is 29.5 Å². The summed E-state index contributed by atoms with van der Waals surface area (Å²) in [6, 6.07) is 7.86. The van der Waals surface area contributed by atoms with Gasteiger partial charge in [0.05, 0.1) is 12.1 Å². The van der Waals surface area contributed by atoms with Crippen LogP contribution < -0.4 is 0 Å². The molecule has 0 unspecified atom stereocenters. The first-order valence-corrected chi connectivity index (χ1v) is 16.0. The van der Waals surface area contributed by atoms with E-state index in [9.17, 15) is 5.11 Å². The van der Waals surface area contributed by atoms with Crippen molar-refractivity contribution in [3.05, 3.63) is 34.9 Å². The highest BCUT2D eigenvalue weighted by Gasteiger charge is 2.44. The van der Waals surface area contributed by atoms with E-state index in [1.807, 2.05) is 0 Å². The van der Waals surface area contributed by atoms with Crippen LogP contribution in [0.4, 0.5) is 0 Å². The topological polar surface area (TPSA) is 32.7 Å². The predicted octanol–water partition coefficient (Wildman–Crippen LogP) is 7.06. The number of aliphatic hydroxyl groups excluding tert-OH is 1. The molecule has 0 saturated carbocycles. The molecule has 2 aliphatic rings. The zero-order valence-corrected chi connectivity index (χ0v) is 23.2. The smallest absolute Gasteiger partial charge is 0.191 e. The Morgan fingerprint density at radius 3 is 2.47 bits per heavy atom. The van der Waals surface area contributed by atoms with Crippen molar-refractivity contribution in [1.82, 2.24) is 4.90 Å². The Bertz CT molecular complexity index is 769. The molecule has 0 spiro atoms. The van der Waals surface area contributed by atoms with Gasteiger partial charge in [0.25, 0.3) is 0 Å². The van der Waals surface area contributed by atoms with E-state index in [0.717, 1.165) is 31.8 Å². The maximum Gasteiger partial charge on any atom is 0.191 e. The molecule has 1 aliphatic heterocycles. The summed E-state index contributed by atoms with van der Waals surface area (Å²) in [7, 11) is -1.69. The second kappa shape index (κ2) is 9.89. The van der Waals surface area contributed by atoms with E-state index in [1.54, 1.807) is 0 Å². The molecule has 182 valence electrons. The average molecular weight is 460 g/mol. The molecule has 3 nitrogen and oxygen atoms in total. The summed E-state index contributed by atoms with van der Waals surface area (Å²) in [6.07, 6.45) is 5.21. The number of rotatable bonds is 7. The van der Waals surface area contributed by atoms with Crippen LogP contribution in [-0.4, -0.2) is 43.1 Å². The van der Waals surface area contributed by atoms with Gasteiger partial charge in [-0.25, -0.2) is 0 Å². The minimum Gasteiger partial charge on any atom is -0.417 e. The molecule has 0 radical (unpaired) electrons. The van der Waals surface area contributed by atoms with Gasteiger partial charge in [0.15, 0.2) is 8.32 Å². The van der Waals surface area contributed by atoms with E-state index in [-0.39, 0.29) is 17.2 Å². The average Bonchev–Trinajstić information content (AvgIpc) is 2.99. The van der Waals surface area contributed by atoms with Gasteiger partial charge in [-0.3, -0.25) is 4.90 Å². The van der Waals surface area contributed by atoms with Gasteiger partial charge in [-0.15, -0.1) is 0 Å². The molecule has 4 heteroatoms. The van der Waals surface area contributed by atoms with Gasteiger partial charge < -0.3 is 9.53 Å². The van der Waals surface area contributed by atoms with Gasteiger partial charge in [-0.2, -0.15) is 0 Å². The Kier molecular flexibility index (Phi) is 8.02. The lowest BCUT2D eigenvalue weighted by molar-refractivity contribution is -0.0304. The highest BCUT2D eigenvalue weighted by Crippen LogP contribution is 2.46. The number of benzene rings is 1. The molecule has 1 N–H and O–H groups in total. The van der Waals surface area contributed by atoms with E-state index in [2.05, 4.69) is 84.7 Å². The first kappa shape index (κ1) is 25.9. The van der Waals surface area contributed by atoms with Gasteiger partial charge in [0.2, 0.25) is 0 Å². The molecule has 3 rings (SSSR count). The van der Waals surface area contributed by atoms with Crippen LogP contribution in [0.2, 0.25) is 18.1 Å². The van der Waals surface area contributed by atoms with Crippen LogP contribution in [0.25, 0.3) is 0 Å². The molecule has 1 fully saturated rings. The predicted molar refractivity (Wildman–Crippen MR) is 139 cm³/mol. The molecule has 1 heterocycles. The number of piperidine rings is 1. The first-order valence-electron chi connectivity index (χ1n) is 13.0. The fourth-order valence-electron chi connectivity index (χ4n) is 5.93. The summed E-state index contributed by atoms with van der Waals surface area (Å²) in [5.41, 5.74) is 4.22. The second-order valence-electron chi connectivity index (χ2n) is 12.6. The van der Waals surface area contributed by atoms with Crippen molar-refractivity contribution >= 4 is 8.32 Å². The highest BCUT2D eigenvalue weighted by atomic mass is 28.4. The van der Waals surface area contributed by atoms with Crippen LogP contribution in [-0.2, 0) is 10.8 Å². The van der Waals surface area contributed by atoms with Gasteiger partial charge in [-0.05, 0) is 79.3 Å². The van der Waals surface area contributed by atoms with Crippen molar-refractivity contribution in [3.8, 4) is 0 Å². The Hall–Kier alpha value is -0.683. The van der Waals surface area contributed by atoms with Crippen LogP contribution in [0, 0.1) is 5.92 Å². The van der Waals surface area contributed by atoms with Crippen molar-refractivity contribution in [2.75, 3.05) is 6.61 Å². The number of nitrogens with zero attached hydrogens (tertiary/aromatic N) is 1. The standard InChI is InChI=1S/C28H49NO2Si/c1-19(2)24-14-10-12-22-18-25(30)27(26(22)24)29-21(4)16-20(3)17-23(29)13-11-15-31-32(8,9)28(5,6)7/h10,12,14,19-21,23,25,27,30H,11,13,15-18H2,1-9H3/t20-,21-,23-,25-,27-/m1/s1. The molecule has 32 heavy (non-hydrogen) atoms. The van der Waals surface area contributed by atoms with E-state index in [0.29, 0.717) is 18.0 Å². The summed E-state index contributed by atoms with van der Waals surface area (Å²) in [5.74, 6) is 1.22. The van der Waals surface area contributed by atoms with Crippen LogP contribution in [0.15, 0.2) is 18.2 Å². The molecular weight excluding hydrogens is 410 g/mol. The highest BCUT2D eigenvalue weighted by molar-refractivity contribution is 6.74. The number of hydrogen-bond acceptors (Lipinski definition) is 3. The zero-order chi connectivity index (χ0) is 23.8. The quantitative estimate of drug-likeness (QED) is 0.350. The third kappa shape index (κ3) is 5.35. The summed E-state index contributed by atoms with van der Waals surface area (Å²) in [5, 5.41) is 11.5. The molecule has 5 atom stereocenters. The summed E-state index contributed by atoms with van der Waals surface area (Å²) in [4.78, 5) is 2.72. The molecule has 1 saturated heterocycles. The van der Waals surface area contributed by atoms with Crippen LogP contribution >= 0.6 is 0 Å². The van der Waals surface area contributed by atoms with Gasteiger partial charge in [-0.1, -0.05) is 59.7 Å². The van der Waals surface area contributed by atoms with Crippen molar-refractivity contribution in [2.24, 2.45) is 5.92 Å². The Morgan fingerprint density at radius 2 is 1.84 bits per heavy atom. The van der Waals surface area contributed by atoms with Gasteiger partial charge >= 0.3 is 0 Å². The minimum atomic E-state index is -1.69. The number of aliphatic hydroxyl groups is 1. The molecule has 0 amide bonds. The lowest BCUT2D eigenvalue weighted by Crippen LogP contribution is -2.51. The molecule has 1 aliphatic carbocycles. The number of fused-ring (bicyclic) bond motifs is 1. The Balaban J connectivity index is 1.79. The third-order valence-corrected chi connectivity index (χ3v) is 13.1. The Labute approximate surface area is 199 Å². The lowest BCUT2D eigenvalue weighted by Gasteiger charge is -2.48. The first-order chi connectivity index (χ1) is 14.8. The monoisotopic (exact) mass is 459 g/mol. The number of hydrogen-bond donors (Lipinski definition) is 1. The van der Waals surface area contributed by atoms with Crippen molar-refractivity contribution < 1.29 is 9.53 Å². The molecule has 0 bridgehead atoms. The fourth-order valence-corrected chi connectivity index (χ4v) is 7.02. The summed E-state index contributed by atoms with van der Waals surface area (Å²) in [6.45, 7) is 21.9. The van der Waals surface area contributed by atoms with Crippen molar-refractivity contribution in [3.63, 3.8) is 0 Å². The van der Waals surface area contributed by atoms with E-state index >= 15 is 0 Å². The normalized spacial score (nSPS) is 29.5. The largest absolute Gasteiger partial charge is 0.417 e. The molecule has 1 aromatic rings. The number of likely N-dealkylation sites (tertiary alicyclic amines) is 1. The maximum atomic E-state index is 11.3.